The van der Waals surface area contributed by atoms with Crippen molar-refractivity contribution in [3.8, 4) is 11.8 Å². The maximum atomic E-state index is 14.1. The number of anilines is 1. The predicted octanol–water partition coefficient (Wildman–Crippen LogP) is 5.98. The first-order valence-electron chi connectivity index (χ1n) is 10.4. The van der Waals surface area contributed by atoms with E-state index in [0.29, 0.717) is 35.6 Å². The molecule has 0 unspecified atom stereocenters. The van der Waals surface area contributed by atoms with Crippen molar-refractivity contribution < 1.29 is 13.9 Å². The molecule has 1 amide bonds. The lowest BCUT2D eigenvalue weighted by Gasteiger charge is -2.12. The van der Waals surface area contributed by atoms with Gasteiger partial charge in [0.1, 0.15) is 23.2 Å². The number of hydrogen-bond donors (Lipinski definition) is 1. The second-order valence-electron chi connectivity index (χ2n) is 7.51. The van der Waals surface area contributed by atoms with Crippen LogP contribution < -0.4 is 10.1 Å². The van der Waals surface area contributed by atoms with Crippen LogP contribution in [-0.2, 0) is 11.2 Å². The van der Waals surface area contributed by atoms with E-state index in [4.69, 9.17) is 4.74 Å². The Kier molecular flexibility index (Phi) is 7.41. The van der Waals surface area contributed by atoms with Crippen LogP contribution in [0.4, 0.5) is 10.1 Å². The minimum Gasteiger partial charge on any atom is -0.494 e. The molecule has 0 aromatic heterocycles. The highest BCUT2D eigenvalue weighted by molar-refractivity contribution is 6.10. The predicted molar refractivity (Wildman–Crippen MR) is 125 cm³/mol. The first-order valence-corrected chi connectivity index (χ1v) is 10.4. The van der Waals surface area contributed by atoms with Gasteiger partial charge >= 0.3 is 0 Å². The number of benzene rings is 3. The number of carbonyl (C=O) groups excluding carboxylic acids is 1. The monoisotopic (exact) mass is 428 g/mol. The lowest BCUT2D eigenvalue weighted by molar-refractivity contribution is -0.112. The summed E-state index contributed by atoms with van der Waals surface area (Å²) < 4.78 is 19.8. The van der Waals surface area contributed by atoms with Crippen LogP contribution in [0.25, 0.3) is 6.08 Å². The number of nitriles is 1. The van der Waals surface area contributed by atoms with Gasteiger partial charge in [-0.05, 0) is 72.9 Å². The molecule has 1 N–H and O–H groups in total. The number of carbonyl (C=O) groups is 1. The zero-order valence-corrected chi connectivity index (χ0v) is 18.4. The first kappa shape index (κ1) is 22.8. The largest absolute Gasteiger partial charge is 0.494 e. The van der Waals surface area contributed by atoms with Crippen molar-refractivity contribution in [1.29, 1.82) is 5.26 Å². The number of amides is 1. The van der Waals surface area contributed by atoms with Crippen molar-refractivity contribution in [2.45, 2.75) is 27.2 Å². The Morgan fingerprint density at radius 1 is 1.09 bits per heavy atom. The molecule has 0 spiro atoms. The minimum absolute atomic E-state index is 0.0183. The Balaban J connectivity index is 1.87. The number of ether oxygens (including phenoxy) is 1. The van der Waals surface area contributed by atoms with Crippen LogP contribution in [-0.4, -0.2) is 12.5 Å². The van der Waals surface area contributed by atoms with Crippen LogP contribution in [0.1, 0.15) is 34.7 Å². The zero-order valence-electron chi connectivity index (χ0n) is 18.4. The molecule has 0 atom stereocenters. The van der Waals surface area contributed by atoms with Gasteiger partial charge in [-0.3, -0.25) is 4.79 Å². The van der Waals surface area contributed by atoms with Crippen LogP contribution in [0.15, 0.2) is 66.2 Å². The number of rotatable bonds is 7. The molecule has 0 bridgehead atoms. The van der Waals surface area contributed by atoms with Crippen LogP contribution in [0.3, 0.4) is 0 Å². The van der Waals surface area contributed by atoms with E-state index in [1.807, 2.05) is 51.1 Å². The lowest BCUT2D eigenvalue weighted by atomic mass is 10.0. The molecule has 0 saturated carbocycles. The van der Waals surface area contributed by atoms with Gasteiger partial charge in [-0.1, -0.05) is 42.5 Å². The highest BCUT2D eigenvalue weighted by Crippen LogP contribution is 2.26. The summed E-state index contributed by atoms with van der Waals surface area (Å²) in [5.74, 6) is -0.153. The van der Waals surface area contributed by atoms with Crippen molar-refractivity contribution in [2.24, 2.45) is 0 Å². The number of aryl methyl sites for hydroxylation is 2. The van der Waals surface area contributed by atoms with Crippen molar-refractivity contribution in [2.75, 3.05) is 11.9 Å². The number of nitrogens with zero attached hydrogens (tertiary/aromatic N) is 1. The van der Waals surface area contributed by atoms with Gasteiger partial charge in [0.05, 0.1) is 6.61 Å². The second kappa shape index (κ2) is 10.4. The molecule has 0 fully saturated rings. The first-order chi connectivity index (χ1) is 15.4. The number of hydrogen-bond acceptors (Lipinski definition) is 3. The summed E-state index contributed by atoms with van der Waals surface area (Å²) in [6, 6.07) is 19.7. The average Bonchev–Trinajstić information content (AvgIpc) is 2.77. The third-order valence-corrected chi connectivity index (χ3v) is 5.05. The third kappa shape index (κ3) is 5.61. The molecule has 162 valence electrons. The summed E-state index contributed by atoms with van der Waals surface area (Å²) in [5.41, 5.74) is 4.63. The van der Waals surface area contributed by atoms with Crippen LogP contribution >= 0.6 is 0 Å². The van der Waals surface area contributed by atoms with Gasteiger partial charge in [0, 0.05) is 12.1 Å². The van der Waals surface area contributed by atoms with E-state index in [2.05, 4.69) is 5.32 Å². The quantitative estimate of drug-likeness (QED) is 0.372. The Labute approximate surface area is 188 Å². The van der Waals surface area contributed by atoms with Gasteiger partial charge in [0.2, 0.25) is 0 Å². The highest BCUT2D eigenvalue weighted by atomic mass is 19.1. The molecular formula is C27H25FN2O2. The summed E-state index contributed by atoms with van der Waals surface area (Å²) in [7, 11) is 0. The Bertz CT molecular complexity index is 1210. The van der Waals surface area contributed by atoms with Crippen LogP contribution in [0, 0.1) is 31.0 Å². The fourth-order valence-electron chi connectivity index (χ4n) is 3.32. The van der Waals surface area contributed by atoms with Crippen LogP contribution in [0.2, 0.25) is 0 Å². The van der Waals surface area contributed by atoms with Crippen molar-refractivity contribution in [3.05, 3.63) is 99.9 Å². The fraction of sp³-hybridized carbons (Fsp3) is 0.185. The zero-order chi connectivity index (χ0) is 23.1. The van der Waals surface area contributed by atoms with E-state index in [1.54, 1.807) is 30.3 Å². The van der Waals surface area contributed by atoms with Crippen LogP contribution in [0.5, 0.6) is 5.75 Å². The van der Waals surface area contributed by atoms with E-state index >= 15 is 0 Å². The van der Waals surface area contributed by atoms with Gasteiger partial charge < -0.3 is 10.1 Å². The molecular weight excluding hydrogens is 403 g/mol. The van der Waals surface area contributed by atoms with E-state index in [0.717, 1.165) is 16.7 Å². The molecule has 3 aromatic carbocycles. The highest BCUT2D eigenvalue weighted by Gasteiger charge is 2.13. The van der Waals surface area contributed by atoms with Crippen molar-refractivity contribution in [1.82, 2.24) is 0 Å². The van der Waals surface area contributed by atoms with Crippen molar-refractivity contribution in [3.63, 3.8) is 0 Å². The number of nitrogens with one attached hydrogen (secondary N) is 1. The van der Waals surface area contributed by atoms with E-state index in [-0.39, 0.29) is 11.4 Å². The Hall–Kier alpha value is -3.91. The van der Waals surface area contributed by atoms with E-state index in [1.165, 1.54) is 12.1 Å². The fourth-order valence-corrected chi connectivity index (χ4v) is 3.32. The Morgan fingerprint density at radius 2 is 1.88 bits per heavy atom. The summed E-state index contributed by atoms with van der Waals surface area (Å²) in [6.45, 7) is 6.14. The van der Waals surface area contributed by atoms with Gasteiger partial charge in [-0.15, -0.1) is 0 Å². The summed E-state index contributed by atoms with van der Waals surface area (Å²) in [5, 5.41) is 12.4. The molecule has 0 saturated heterocycles. The van der Waals surface area contributed by atoms with Gasteiger partial charge in [0.25, 0.3) is 5.91 Å². The molecule has 0 aliphatic carbocycles. The topological polar surface area (TPSA) is 62.1 Å². The molecule has 3 rings (SSSR count). The van der Waals surface area contributed by atoms with Gasteiger partial charge in [-0.25, -0.2) is 4.39 Å². The summed E-state index contributed by atoms with van der Waals surface area (Å²) in [6.07, 6.45) is 1.90. The molecule has 3 aromatic rings. The summed E-state index contributed by atoms with van der Waals surface area (Å²) >= 11 is 0. The second-order valence-corrected chi connectivity index (χ2v) is 7.51. The standard InChI is InChI=1S/C27H25FN2O2/c1-4-32-26-15-20(11-12-22(26)16-21-7-5-6-8-24(21)28)14-23(17-29)27(31)30-25-13-18(2)9-10-19(25)3/h5-15H,4,16H2,1-3H3,(H,30,31)/b23-14+. The lowest BCUT2D eigenvalue weighted by Crippen LogP contribution is -2.14. The van der Waals surface area contributed by atoms with E-state index < -0.39 is 5.91 Å². The Morgan fingerprint density at radius 3 is 2.59 bits per heavy atom. The molecule has 0 radical (unpaired) electrons. The van der Waals surface area contributed by atoms with E-state index in [9.17, 15) is 14.4 Å². The maximum absolute atomic E-state index is 14.1. The van der Waals surface area contributed by atoms with Crippen molar-refractivity contribution >= 4 is 17.7 Å². The molecule has 0 aliphatic heterocycles. The van der Waals surface area contributed by atoms with Gasteiger partial charge in [-0.2, -0.15) is 5.26 Å². The molecule has 32 heavy (non-hydrogen) atoms. The van der Waals surface area contributed by atoms with Gasteiger partial charge in [0.15, 0.2) is 0 Å². The number of halogens is 1. The summed E-state index contributed by atoms with van der Waals surface area (Å²) in [4.78, 5) is 12.7. The SMILES string of the molecule is CCOc1cc(/C=C(\C#N)C(=O)Nc2cc(C)ccc2C)ccc1Cc1ccccc1F. The molecule has 4 nitrogen and oxygen atoms in total. The maximum Gasteiger partial charge on any atom is 0.266 e. The third-order valence-electron chi connectivity index (χ3n) is 5.05. The molecule has 0 aliphatic rings. The smallest absolute Gasteiger partial charge is 0.266 e. The normalized spacial score (nSPS) is 11.0. The molecule has 5 heteroatoms. The average molecular weight is 429 g/mol. The minimum atomic E-state index is -0.477. The molecule has 0 heterocycles.